The van der Waals surface area contributed by atoms with Crippen molar-refractivity contribution in [2.75, 3.05) is 26.3 Å². The van der Waals surface area contributed by atoms with Gasteiger partial charge in [0.25, 0.3) is 6.47 Å². The zero-order chi connectivity index (χ0) is 29.6. The summed E-state index contributed by atoms with van der Waals surface area (Å²) in [6.07, 6.45) is 24.3. The van der Waals surface area contributed by atoms with Crippen molar-refractivity contribution in [1.82, 2.24) is 5.32 Å². The number of hydrogen-bond donors (Lipinski definition) is 3. The second-order valence-electron chi connectivity index (χ2n) is 10.9. The Kier molecular flexibility index (Phi) is 28.8. The van der Waals surface area contributed by atoms with E-state index in [1.807, 2.05) is 0 Å². The van der Waals surface area contributed by atoms with E-state index in [0.29, 0.717) is 26.0 Å². The Morgan fingerprint density at radius 3 is 1.73 bits per heavy atom. The molecule has 0 spiro atoms. The minimum atomic E-state index is -4.62. The molecule has 40 heavy (non-hydrogen) atoms. The van der Waals surface area contributed by atoms with Gasteiger partial charge in [0.05, 0.1) is 13.2 Å². The van der Waals surface area contributed by atoms with Gasteiger partial charge in [0.15, 0.2) is 0 Å². The largest absolute Gasteiger partial charge is 0.469 e. The van der Waals surface area contributed by atoms with Crippen LogP contribution in [0.3, 0.4) is 0 Å². The predicted octanol–water partition coefficient (Wildman–Crippen LogP) is 7.37. The minimum absolute atomic E-state index is 0.307. The summed E-state index contributed by atoms with van der Waals surface area (Å²) in [7, 11) is -4.62. The highest BCUT2D eigenvalue weighted by Crippen LogP contribution is 2.35. The van der Waals surface area contributed by atoms with Gasteiger partial charge in [-0.25, -0.2) is 4.57 Å². The molecular formula is C30H60NO8P. The number of esters is 1. The maximum Gasteiger partial charge on any atom is 0.469 e. The van der Waals surface area contributed by atoms with Crippen LogP contribution in [0.15, 0.2) is 0 Å². The lowest BCUT2D eigenvalue weighted by molar-refractivity contribution is -0.150. The monoisotopic (exact) mass is 593 g/mol. The third-order valence-electron chi connectivity index (χ3n) is 7.02. The van der Waals surface area contributed by atoms with Crippen LogP contribution >= 0.6 is 7.82 Å². The van der Waals surface area contributed by atoms with Crippen molar-refractivity contribution < 1.29 is 37.9 Å². The van der Waals surface area contributed by atoms with Crippen molar-refractivity contribution in [3.63, 3.8) is 0 Å². The first kappa shape index (κ1) is 39.0. The lowest BCUT2D eigenvalue weighted by atomic mass is 10.1. The molecule has 0 aliphatic rings. The highest BCUT2D eigenvalue weighted by Gasteiger charge is 2.21. The molecule has 0 saturated carbocycles. The van der Waals surface area contributed by atoms with Gasteiger partial charge in [0.2, 0.25) is 0 Å². The summed E-state index contributed by atoms with van der Waals surface area (Å²) in [5, 5.41) is 3.24. The standard InChI is InChI=1S/C30H60NO8P/c1-2-3-4-5-6-7-8-11-14-17-20-23-30(33)39-29(27-38-40(34,35)36)26-31-24-21-18-15-12-9-10-13-16-19-22-25-37-28-32/h28-29,31H,2-27H2,1H3,(H2,34,35,36)/t29-/m0/s1. The minimum Gasteiger partial charge on any atom is -0.468 e. The normalized spacial score (nSPS) is 12.4. The number of carbonyl (C=O) groups is 2. The number of ether oxygens (including phenoxy) is 2. The number of hydrogen-bond acceptors (Lipinski definition) is 7. The zero-order valence-corrected chi connectivity index (χ0v) is 26.2. The van der Waals surface area contributed by atoms with E-state index in [4.69, 9.17) is 14.5 Å². The van der Waals surface area contributed by atoms with E-state index in [1.54, 1.807) is 0 Å². The molecule has 3 N–H and O–H groups in total. The van der Waals surface area contributed by atoms with Crippen LogP contribution in [-0.2, 0) is 28.2 Å². The number of nitrogens with one attached hydrogen (secondary N) is 1. The fourth-order valence-corrected chi connectivity index (χ4v) is 5.01. The summed E-state index contributed by atoms with van der Waals surface area (Å²) >= 11 is 0. The Morgan fingerprint density at radius 1 is 0.750 bits per heavy atom. The number of rotatable bonds is 32. The van der Waals surface area contributed by atoms with Crippen LogP contribution in [0.1, 0.15) is 148 Å². The van der Waals surface area contributed by atoms with Gasteiger partial charge in [-0.15, -0.1) is 0 Å². The van der Waals surface area contributed by atoms with Crippen molar-refractivity contribution in [2.45, 2.75) is 154 Å². The molecule has 0 unspecified atom stereocenters. The molecule has 238 valence electrons. The second-order valence-corrected chi connectivity index (χ2v) is 12.1. The van der Waals surface area contributed by atoms with E-state index in [9.17, 15) is 14.2 Å². The van der Waals surface area contributed by atoms with Gasteiger partial charge in [-0.05, 0) is 25.8 Å². The van der Waals surface area contributed by atoms with E-state index in [2.05, 4.69) is 21.5 Å². The molecule has 0 aliphatic carbocycles. The first-order chi connectivity index (χ1) is 19.4. The maximum atomic E-state index is 12.3. The Labute approximate surface area is 244 Å². The fourth-order valence-electron chi connectivity index (χ4n) is 4.65. The molecule has 0 aliphatic heterocycles. The molecule has 0 saturated heterocycles. The molecular weight excluding hydrogens is 533 g/mol. The van der Waals surface area contributed by atoms with Gasteiger partial charge >= 0.3 is 13.8 Å². The average Bonchev–Trinajstić information content (AvgIpc) is 2.92. The van der Waals surface area contributed by atoms with Crippen molar-refractivity contribution in [1.29, 1.82) is 0 Å². The molecule has 0 heterocycles. The van der Waals surface area contributed by atoms with E-state index in [0.717, 1.165) is 51.5 Å². The van der Waals surface area contributed by atoms with Gasteiger partial charge < -0.3 is 24.6 Å². The molecule has 10 heteroatoms. The second kappa shape index (κ2) is 29.5. The molecule has 0 aromatic heterocycles. The number of carbonyl (C=O) groups excluding carboxylic acids is 2. The van der Waals surface area contributed by atoms with E-state index in [-0.39, 0.29) is 12.6 Å². The molecule has 1 atom stereocenters. The van der Waals surface area contributed by atoms with Gasteiger partial charge in [0, 0.05) is 13.0 Å². The van der Waals surface area contributed by atoms with Crippen LogP contribution in [0.25, 0.3) is 0 Å². The third-order valence-corrected chi connectivity index (χ3v) is 7.50. The van der Waals surface area contributed by atoms with E-state index < -0.39 is 13.9 Å². The molecule has 0 fully saturated rings. The molecule has 0 aromatic rings. The lowest BCUT2D eigenvalue weighted by Crippen LogP contribution is -2.35. The van der Waals surface area contributed by atoms with Crippen LogP contribution in [0.4, 0.5) is 0 Å². The number of unbranched alkanes of at least 4 members (excludes halogenated alkanes) is 19. The molecule has 0 amide bonds. The molecule has 9 nitrogen and oxygen atoms in total. The highest BCUT2D eigenvalue weighted by molar-refractivity contribution is 7.46. The summed E-state index contributed by atoms with van der Waals surface area (Å²) in [5.41, 5.74) is 0. The predicted molar refractivity (Wildman–Crippen MR) is 160 cm³/mol. The molecule has 0 radical (unpaired) electrons. The van der Waals surface area contributed by atoms with Crippen molar-refractivity contribution in [2.24, 2.45) is 0 Å². The third kappa shape index (κ3) is 31.5. The lowest BCUT2D eigenvalue weighted by Gasteiger charge is -2.19. The fraction of sp³-hybridized carbons (Fsp3) is 0.933. The Balaban J connectivity index is 3.84. The van der Waals surface area contributed by atoms with Gasteiger partial charge in [-0.1, -0.05) is 122 Å². The molecule has 0 aromatic carbocycles. The Hall–Kier alpha value is -0.990. The van der Waals surface area contributed by atoms with E-state index >= 15 is 0 Å². The first-order valence-electron chi connectivity index (χ1n) is 16.0. The maximum absolute atomic E-state index is 12.3. The zero-order valence-electron chi connectivity index (χ0n) is 25.3. The topological polar surface area (TPSA) is 131 Å². The van der Waals surface area contributed by atoms with Crippen LogP contribution in [0.2, 0.25) is 0 Å². The van der Waals surface area contributed by atoms with E-state index in [1.165, 1.54) is 89.9 Å². The molecule has 0 rings (SSSR count). The van der Waals surface area contributed by atoms with Crippen molar-refractivity contribution in [3.05, 3.63) is 0 Å². The van der Waals surface area contributed by atoms with Crippen molar-refractivity contribution >= 4 is 20.3 Å². The van der Waals surface area contributed by atoms with Crippen LogP contribution in [0.5, 0.6) is 0 Å². The summed E-state index contributed by atoms with van der Waals surface area (Å²) in [4.78, 5) is 40.4. The summed E-state index contributed by atoms with van der Waals surface area (Å²) in [5.74, 6) is -0.341. The van der Waals surface area contributed by atoms with Crippen LogP contribution in [-0.4, -0.2) is 54.6 Å². The molecule has 0 bridgehead atoms. The van der Waals surface area contributed by atoms with Gasteiger partial charge in [-0.2, -0.15) is 0 Å². The summed E-state index contributed by atoms with van der Waals surface area (Å²) < 4.78 is 25.9. The van der Waals surface area contributed by atoms with Crippen LogP contribution < -0.4 is 5.32 Å². The average molecular weight is 594 g/mol. The summed E-state index contributed by atoms with van der Waals surface area (Å²) in [6.45, 7) is 4.00. The van der Waals surface area contributed by atoms with Gasteiger partial charge in [0.1, 0.15) is 6.10 Å². The Morgan fingerprint density at radius 2 is 1.23 bits per heavy atom. The summed E-state index contributed by atoms with van der Waals surface area (Å²) in [6, 6.07) is 0. The Bertz CT molecular complexity index is 617. The SMILES string of the molecule is CCCCCCCCCCCCCC(=O)O[C@@H](CNCCCCCCCCCCCCOC=O)COP(=O)(O)O. The highest BCUT2D eigenvalue weighted by atomic mass is 31.2. The number of phosphoric ester groups is 1. The first-order valence-corrected chi connectivity index (χ1v) is 17.6. The smallest absolute Gasteiger partial charge is 0.468 e. The number of phosphoric acid groups is 1. The van der Waals surface area contributed by atoms with Gasteiger partial charge in [-0.3, -0.25) is 14.1 Å². The van der Waals surface area contributed by atoms with Crippen LogP contribution in [0, 0.1) is 0 Å². The quantitative estimate of drug-likeness (QED) is 0.0316. The van der Waals surface area contributed by atoms with Crippen molar-refractivity contribution in [3.8, 4) is 0 Å².